The molecule has 26 heavy (non-hydrogen) atoms. The molecule has 2 aromatic rings. The summed E-state index contributed by atoms with van der Waals surface area (Å²) in [5.74, 6) is 1.86. The number of ether oxygens (including phenoxy) is 1. The van der Waals surface area contributed by atoms with Crippen LogP contribution in [0.2, 0.25) is 0 Å². The van der Waals surface area contributed by atoms with Crippen molar-refractivity contribution in [3.63, 3.8) is 0 Å². The Morgan fingerprint density at radius 3 is 2.88 bits per heavy atom. The van der Waals surface area contributed by atoms with Crippen molar-refractivity contribution >= 4 is 5.91 Å². The van der Waals surface area contributed by atoms with Crippen molar-refractivity contribution in [2.45, 2.75) is 43.6 Å². The lowest BCUT2D eigenvalue weighted by molar-refractivity contribution is -0.140. The maximum absolute atomic E-state index is 12.8. The third-order valence-electron chi connectivity index (χ3n) is 6.27. The molecule has 0 radical (unpaired) electrons. The number of amides is 1. The van der Waals surface area contributed by atoms with Gasteiger partial charge in [-0.25, -0.2) is 0 Å². The molecular weight excluding hydrogens is 330 g/mol. The molecule has 1 saturated carbocycles. The quantitative estimate of drug-likeness (QED) is 0.849. The van der Waals surface area contributed by atoms with E-state index >= 15 is 0 Å². The van der Waals surface area contributed by atoms with Crippen LogP contribution >= 0.6 is 0 Å². The second-order valence-corrected chi connectivity index (χ2v) is 7.75. The number of fused-ring (bicyclic) bond motifs is 1. The number of hydrogen-bond acceptors (Lipinski definition) is 5. The van der Waals surface area contributed by atoms with Crippen LogP contribution in [0.25, 0.3) is 11.4 Å². The summed E-state index contributed by atoms with van der Waals surface area (Å²) >= 11 is 0. The molecule has 3 fully saturated rings. The van der Waals surface area contributed by atoms with Gasteiger partial charge in [0.25, 0.3) is 5.91 Å². The van der Waals surface area contributed by atoms with Crippen LogP contribution < -0.4 is 0 Å². The molecule has 1 aromatic heterocycles. The number of likely N-dealkylation sites (tertiary alicyclic amines) is 1. The van der Waals surface area contributed by atoms with Gasteiger partial charge in [0.05, 0.1) is 5.41 Å². The van der Waals surface area contributed by atoms with Crippen molar-refractivity contribution in [2.75, 3.05) is 19.7 Å². The number of carbonyl (C=O) groups excluding carboxylic acids is 1. The Balaban J connectivity index is 1.42. The van der Waals surface area contributed by atoms with Crippen LogP contribution in [-0.4, -0.2) is 46.7 Å². The van der Waals surface area contributed by atoms with Crippen LogP contribution in [0.5, 0.6) is 0 Å². The molecule has 6 heteroatoms. The van der Waals surface area contributed by atoms with E-state index in [4.69, 9.17) is 14.2 Å². The summed E-state index contributed by atoms with van der Waals surface area (Å²) in [6, 6.07) is 9.89. The lowest BCUT2D eigenvalue weighted by atomic mass is 9.80. The Morgan fingerprint density at radius 1 is 1.19 bits per heavy atom. The Hall–Kier alpha value is -2.21. The van der Waals surface area contributed by atoms with Crippen molar-refractivity contribution in [3.05, 3.63) is 36.2 Å². The Labute approximate surface area is 152 Å². The summed E-state index contributed by atoms with van der Waals surface area (Å²) in [7, 11) is 0. The summed E-state index contributed by atoms with van der Waals surface area (Å²) in [5, 5.41) is 4.22. The standard InChI is InChI=1S/C20H23N3O3/c24-18(16-9-5-11-25-16)23-12-15-8-4-10-20(15,13-23)19-21-17(22-26-19)14-6-2-1-3-7-14/h1-3,6-7,15-16H,4-5,8-13H2/t15-,16?,20-/m1/s1. The van der Waals surface area contributed by atoms with Gasteiger partial charge in [0.15, 0.2) is 0 Å². The van der Waals surface area contributed by atoms with E-state index < -0.39 is 0 Å². The van der Waals surface area contributed by atoms with E-state index in [-0.39, 0.29) is 17.4 Å². The van der Waals surface area contributed by atoms with Gasteiger partial charge in [0.2, 0.25) is 11.7 Å². The molecule has 0 spiro atoms. The highest BCUT2D eigenvalue weighted by atomic mass is 16.5. The predicted molar refractivity (Wildman–Crippen MR) is 94.3 cm³/mol. The van der Waals surface area contributed by atoms with E-state index in [9.17, 15) is 4.79 Å². The van der Waals surface area contributed by atoms with Crippen LogP contribution in [0.4, 0.5) is 0 Å². The van der Waals surface area contributed by atoms with Gasteiger partial charge in [0.1, 0.15) is 6.10 Å². The van der Waals surface area contributed by atoms with Crippen LogP contribution in [-0.2, 0) is 14.9 Å². The lowest BCUT2D eigenvalue weighted by Crippen LogP contribution is -2.40. The summed E-state index contributed by atoms with van der Waals surface area (Å²) in [6.45, 7) is 2.15. The zero-order valence-corrected chi connectivity index (χ0v) is 14.8. The summed E-state index contributed by atoms with van der Waals surface area (Å²) in [5.41, 5.74) is 0.771. The average molecular weight is 353 g/mol. The number of aromatic nitrogens is 2. The first kappa shape index (κ1) is 16.0. The van der Waals surface area contributed by atoms with E-state index in [0.29, 0.717) is 30.8 Å². The maximum Gasteiger partial charge on any atom is 0.251 e. The highest BCUT2D eigenvalue weighted by molar-refractivity contribution is 5.81. The molecular formula is C20H23N3O3. The molecule has 136 valence electrons. The van der Waals surface area contributed by atoms with Crippen molar-refractivity contribution in [2.24, 2.45) is 5.92 Å². The monoisotopic (exact) mass is 353 g/mol. The minimum atomic E-state index is -0.256. The minimum absolute atomic E-state index is 0.138. The van der Waals surface area contributed by atoms with E-state index in [1.807, 2.05) is 35.2 Å². The molecule has 3 aliphatic rings. The fraction of sp³-hybridized carbons (Fsp3) is 0.550. The molecule has 0 bridgehead atoms. The molecule has 1 unspecified atom stereocenters. The smallest absolute Gasteiger partial charge is 0.251 e. The number of nitrogens with zero attached hydrogens (tertiary/aromatic N) is 3. The maximum atomic E-state index is 12.8. The normalized spacial score (nSPS) is 30.7. The molecule has 1 aliphatic carbocycles. The van der Waals surface area contributed by atoms with Gasteiger partial charge in [-0.15, -0.1) is 0 Å². The third kappa shape index (κ3) is 2.47. The molecule has 1 amide bonds. The largest absolute Gasteiger partial charge is 0.368 e. The van der Waals surface area contributed by atoms with E-state index in [2.05, 4.69) is 5.16 Å². The first-order valence-corrected chi connectivity index (χ1v) is 9.56. The highest BCUT2D eigenvalue weighted by Crippen LogP contribution is 2.50. The van der Waals surface area contributed by atoms with Gasteiger partial charge in [-0.1, -0.05) is 41.9 Å². The molecule has 0 N–H and O–H groups in total. The average Bonchev–Trinajstić information content (AvgIpc) is 3.44. The van der Waals surface area contributed by atoms with Crippen molar-refractivity contribution in [1.82, 2.24) is 15.0 Å². The second kappa shape index (κ2) is 6.20. The fourth-order valence-corrected chi connectivity index (χ4v) is 4.91. The van der Waals surface area contributed by atoms with Crippen LogP contribution in [0.15, 0.2) is 34.9 Å². The topological polar surface area (TPSA) is 68.5 Å². The first-order valence-electron chi connectivity index (χ1n) is 9.56. The zero-order chi connectivity index (χ0) is 17.6. The minimum Gasteiger partial charge on any atom is -0.368 e. The summed E-state index contributed by atoms with van der Waals surface area (Å²) < 4.78 is 11.3. The zero-order valence-electron chi connectivity index (χ0n) is 14.8. The van der Waals surface area contributed by atoms with Gasteiger partial charge in [-0.3, -0.25) is 4.79 Å². The first-order chi connectivity index (χ1) is 12.8. The Morgan fingerprint density at radius 2 is 2.08 bits per heavy atom. The molecule has 2 aliphatic heterocycles. The van der Waals surface area contributed by atoms with Crippen molar-refractivity contribution in [3.8, 4) is 11.4 Å². The number of rotatable bonds is 3. The van der Waals surface area contributed by atoms with Crippen LogP contribution in [0.1, 0.15) is 38.0 Å². The Kier molecular flexibility index (Phi) is 3.81. The van der Waals surface area contributed by atoms with Crippen LogP contribution in [0.3, 0.4) is 0 Å². The van der Waals surface area contributed by atoms with Crippen molar-refractivity contribution < 1.29 is 14.1 Å². The van der Waals surface area contributed by atoms with Gasteiger partial charge in [-0.05, 0) is 31.6 Å². The van der Waals surface area contributed by atoms with E-state index in [0.717, 1.165) is 44.2 Å². The molecule has 5 rings (SSSR count). The van der Waals surface area contributed by atoms with Gasteiger partial charge < -0.3 is 14.2 Å². The lowest BCUT2D eigenvalue weighted by Gasteiger charge is -2.25. The van der Waals surface area contributed by atoms with E-state index in [1.54, 1.807) is 0 Å². The molecule has 3 heterocycles. The number of benzene rings is 1. The predicted octanol–water partition coefficient (Wildman–Crippen LogP) is 2.80. The number of carbonyl (C=O) groups is 1. The van der Waals surface area contributed by atoms with E-state index in [1.165, 1.54) is 0 Å². The second-order valence-electron chi connectivity index (χ2n) is 7.75. The molecule has 6 nitrogen and oxygen atoms in total. The van der Waals surface area contributed by atoms with Crippen molar-refractivity contribution in [1.29, 1.82) is 0 Å². The Bertz CT molecular complexity index is 800. The summed E-state index contributed by atoms with van der Waals surface area (Å²) in [4.78, 5) is 19.5. The third-order valence-corrected chi connectivity index (χ3v) is 6.27. The van der Waals surface area contributed by atoms with Gasteiger partial charge in [-0.2, -0.15) is 4.98 Å². The number of hydrogen-bond donors (Lipinski definition) is 0. The highest BCUT2D eigenvalue weighted by Gasteiger charge is 2.55. The fourth-order valence-electron chi connectivity index (χ4n) is 4.91. The molecule has 2 saturated heterocycles. The summed E-state index contributed by atoms with van der Waals surface area (Å²) in [6.07, 6.45) is 4.82. The van der Waals surface area contributed by atoms with Gasteiger partial charge >= 0.3 is 0 Å². The molecule has 1 aromatic carbocycles. The van der Waals surface area contributed by atoms with Crippen LogP contribution in [0, 0.1) is 5.92 Å². The van der Waals surface area contributed by atoms with Gasteiger partial charge in [0, 0.05) is 25.3 Å². The SMILES string of the molecule is O=C(C1CCCO1)N1C[C@H]2CCC[C@@]2(c2nc(-c3ccccc3)no2)C1. The molecule has 3 atom stereocenters.